The van der Waals surface area contributed by atoms with E-state index in [9.17, 15) is 0 Å². The van der Waals surface area contributed by atoms with Crippen LogP contribution >= 0.6 is 11.3 Å². The lowest BCUT2D eigenvalue weighted by atomic mass is 10.00. The van der Waals surface area contributed by atoms with Crippen molar-refractivity contribution in [2.45, 2.75) is 20.1 Å². The standard InChI is InChI=1S/C23H26N2O2S/c1-17-21(18-6-3-2-4-7-18)8-5-9-22(17)27-16-20-14-19(23(24)28-20)15-25-10-12-26-13-11-25/h2-9,14H,10-13,15-16,24H2,1H3. The molecule has 1 aliphatic heterocycles. The van der Waals surface area contributed by atoms with E-state index in [1.165, 1.54) is 16.7 Å². The van der Waals surface area contributed by atoms with Gasteiger partial charge in [-0.15, -0.1) is 11.3 Å². The molecule has 0 radical (unpaired) electrons. The van der Waals surface area contributed by atoms with Crippen molar-refractivity contribution in [3.63, 3.8) is 0 Å². The molecule has 146 valence electrons. The fourth-order valence-corrected chi connectivity index (χ4v) is 4.40. The van der Waals surface area contributed by atoms with E-state index >= 15 is 0 Å². The molecule has 0 amide bonds. The maximum Gasteiger partial charge on any atom is 0.123 e. The Hall–Kier alpha value is -2.34. The molecule has 1 saturated heterocycles. The highest BCUT2D eigenvalue weighted by Gasteiger charge is 2.15. The third-order valence-corrected chi connectivity index (χ3v) is 6.11. The van der Waals surface area contributed by atoms with E-state index in [1.54, 1.807) is 11.3 Å². The maximum absolute atomic E-state index is 6.26. The van der Waals surface area contributed by atoms with Gasteiger partial charge in [-0.05, 0) is 35.7 Å². The number of nitrogen functional groups attached to an aromatic ring is 1. The minimum absolute atomic E-state index is 0.539. The Kier molecular flexibility index (Phi) is 5.95. The summed E-state index contributed by atoms with van der Waals surface area (Å²) in [6.07, 6.45) is 0. The Morgan fingerprint density at radius 3 is 2.64 bits per heavy atom. The number of hydrogen-bond donors (Lipinski definition) is 1. The second kappa shape index (κ2) is 8.78. The number of hydrogen-bond acceptors (Lipinski definition) is 5. The van der Waals surface area contributed by atoms with Gasteiger partial charge in [0, 0.05) is 30.1 Å². The molecule has 0 spiro atoms. The number of nitrogens with zero attached hydrogens (tertiary/aromatic N) is 1. The molecule has 1 aromatic heterocycles. The summed E-state index contributed by atoms with van der Waals surface area (Å²) in [5, 5.41) is 0.889. The van der Waals surface area contributed by atoms with E-state index in [-0.39, 0.29) is 0 Å². The van der Waals surface area contributed by atoms with Crippen LogP contribution in [0.3, 0.4) is 0 Å². The lowest BCUT2D eigenvalue weighted by molar-refractivity contribution is 0.0343. The molecule has 4 rings (SSSR count). The van der Waals surface area contributed by atoms with Gasteiger partial charge < -0.3 is 15.2 Å². The van der Waals surface area contributed by atoms with Gasteiger partial charge in [0.1, 0.15) is 12.4 Å². The molecule has 0 aliphatic carbocycles. The summed E-state index contributed by atoms with van der Waals surface area (Å²) in [5.74, 6) is 0.919. The fraction of sp³-hybridized carbons (Fsp3) is 0.304. The monoisotopic (exact) mass is 394 g/mol. The van der Waals surface area contributed by atoms with Crippen molar-refractivity contribution in [2.75, 3.05) is 32.0 Å². The van der Waals surface area contributed by atoms with E-state index in [2.05, 4.69) is 54.3 Å². The van der Waals surface area contributed by atoms with Crippen LogP contribution in [-0.2, 0) is 17.9 Å². The van der Waals surface area contributed by atoms with Crippen molar-refractivity contribution in [1.82, 2.24) is 4.90 Å². The van der Waals surface area contributed by atoms with Crippen LogP contribution in [0.4, 0.5) is 5.00 Å². The molecule has 0 atom stereocenters. The second-order valence-electron chi connectivity index (χ2n) is 7.07. The van der Waals surface area contributed by atoms with Crippen LogP contribution in [0.25, 0.3) is 11.1 Å². The van der Waals surface area contributed by atoms with Crippen LogP contribution in [0.1, 0.15) is 16.0 Å². The SMILES string of the molecule is Cc1c(OCc2cc(CN3CCOCC3)c(N)s2)cccc1-c1ccccc1. The Balaban J connectivity index is 1.44. The van der Waals surface area contributed by atoms with Crippen molar-refractivity contribution in [3.8, 4) is 16.9 Å². The summed E-state index contributed by atoms with van der Waals surface area (Å²) in [7, 11) is 0. The van der Waals surface area contributed by atoms with Gasteiger partial charge in [0.15, 0.2) is 0 Å². The van der Waals surface area contributed by atoms with E-state index in [0.717, 1.165) is 54.0 Å². The van der Waals surface area contributed by atoms with Crippen LogP contribution < -0.4 is 10.5 Å². The molecular weight excluding hydrogens is 368 g/mol. The minimum atomic E-state index is 0.539. The van der Waals surface area contributed by atoms with Gasteiger partial charge in [-0.2, -0.15) is 0 Å². The van der Waals surface area contributed by atoms with E-state index in [0.29, 0.717) is 6.61 Å². The summed E-state index contributed by atoms with van der Waals surface area (Å²) < 4.78 is 11.6. The number of morpholine rings is 1. The molecule has 1 aliphatic rings. The quantitative estimate of drug-likeness (QED) is 0.657. The second-order valence-corrected chi connectivity index (χ2v) is 8.24. The Morgan fingerprint density at radius 2 is 1.86 bits per heavy atom. The molecule has 28 heavy (non-hydrogen) atoms. The first-order chi connectivity index (χ1) is 13.7. The largest absolute Gasteiger partial charge is 0.488 e. The predicted molar refractivity (Wildman–Crippen MR) is 116 cm³/mol. The molecule has 4 nitrogen and oxygen atoms in total. The van der Waals surface area contributed by atoms with Crippen molar-refractivity contribution in [1.29, 1.82) is 0 Å². The normalized spacial score (nSPS) is 14.9. The zero-order chi connectivity index (χ0) is 19.3. The first kappa shape index (κ1) is 19.0. The summed E-state index contributed by atoms with van der Waals surface area (Å²) in [4.78, 5) is 3.55. The Labute approximate surface area is 170 Å². The van der Waals surface area contributed by atoms with Gasteiger partial charge >= 0.3 is 0 Å². The lowest BCUT2D eigenvalue weighted by Crippen LogP contribution is -2.35. The van der Waals surface area contributed by atoms with Crippen molar-refractivity contribution in [3.05, 3.63) is 70.6 Å². The van der Waals surface area contributed by atoms with E-state index in [1.807, 2.05) is 12.1 Å². The van der Waals surface area contributed by atoms with Gasteiger partial charge in [0.25, 0.3) is 0 Å². The number of benzene rings is 2. The van der Waals surface area contributed by atoms with Crippen LogP contribution in [0.5, 0.6) is 5.75 Å². The summed E-state index contributed by atoms with van der Waals surface area (Å²) >= 11 is 1.62. The number of nitrogens with two attached hydrogens (primary N) is 1. The maximum atomic E-state index is 6.26. The summed E-state index contributed by atoms with van der Waals surface area (Å²) in [6.45, 7) is 7.07. The van der Waals surface area contributed by atoms with Crippen molar-refractivity contribution in [2.24, 2.45) is 0 Å². The summed E-state index contributed by atoms with van der Waals surface area (Å²) in [6, 6.07) is 18.8. The zero-order valence-electron chi connectivity index (χ0n) is 16.2. The van der Waals surface area contributed by atoms with E-state index < -0.39 is 0 Å². The molecule has 5 heteroatoms. The predicted octanol–water partition coefficient (Wildman–Crippen LogP) is 4.72. The number of anilines is 1. The molecular formula is C23H26N2O2S. The van der Waals surface area contributed by atoms with Crippen LogP contribution in [0.15, 0.2) is 54.6 Å². The highest BCUT2D eigenvalue weighted by atomic mass is 32.1. The highest BCUT2D eigenvalue weighted by molar-refractivity contribution is 7.16. The van der Waals surface area contributed by atoms with Gasteiger partial charge in [0.2, 0.25) is 0 Å². The molecule has 1 fully saturated rings. The highest BCUT2D eigenvalue weighted by Crippen LogP contribution is 2.32. The average molecular weight is 395 g/mol. The van der Waals surface area contributed by atoms with Crippen molar-refractivity contribution >= 4 is 16.3 Å². The number of thiophene rings is 1. The van der Waals surface area contributed by atoms with Gasteiger partial charge in [-0.3, -0.25) is 4.90 Å². The van der Waals surface area contributed by atoms with Crippen LogP contribution in [-0.4, -0.2) is 31.2 Å². The summed E-state index contributed by atoms with van der Waals surface area (Å²) in [5.41, 5.74) is 11.0. The van der Waals surface area contributed by atoms with Gasteiger partial charge in [-0.25, -0.2) is 0 Å². The Bertz CT molecular complexity index is 918. The van der Waals surface area contributed by atoms with E-state index in [4.69, 9.17) is 15.2 Å². The first-order valence-electron chi connectivity index (χ1n) is 9.65. The number of ether oxygens (including phenoxy) is 2. The molecule has 3 aromatic rings. The lowest BCUT2D eigenvalue weighted by Gasteiger charge is -2.26. The average Bonchev–Trinajstić information content (AvgIpc) is 3.08. The third kappa shape index (κ3) is 4.38. The molecule has 0 unspecified atom stereocenters. The third-order valence-electron chi connectivity index (χ3n) is 5.13. The molecule has 2 N–H and O–H groups in total. The zero-order valence-corrected chi connectivity index (χ0v) is 17.0. The van der Waals surface area contributed by atoms with Crippen molar-refractivity contribution < 1.29 is 9.47 Å². The number of rotatable bonds is 6. The smallest absolute Gasteiger partial charge is 0.123 e. The van der Waals surface area contributed by atoms with Gasteiger partial charge in [0.05, 0.1) is 18.2 Å². The molecule has 2 heterocycles. The minimum Gasteiger partial charge on any atom is -0.488 e. The topological polar surface area (TPSA) is 47.7 Å². The molecule has 0 saturated carbocycles. The Morgan fingerprint density at radius 1 is 1.07 bits per heavy atom. The fourth-order valence-electron chi connectivity index (χ4n) is 3.55. The van der Waals surface area contributed by atoms with Crippen LogP contribution in [0.2, 0.25) is 0 Å². The molecule has 0 bridgehead atoms. The molecule has 2 aromatic carbocycles. The van der Waals surface area contributed by atoms with Crippen LogP contribution in [0, 0.1) is 6.92 Å². The first-order valence-corrected chi connectivity index (χ1v) is 10.5. The van der Waals surface area contributed by atoms with Gasteiger partial charge in [-0.1, -0.05) is 42.5 Å².